The highest BCUT2D eigenvalue weighted by atomic mass is 16.4. The van der Waals surface area contributed by atoms with Gasteiger partial charge in [-0.25, -0.2) is 9.48 Å². The molecular weight excluding hydrogens is 276 g/mol. The van der Waals surface area contributed by atoms with Crippen LogP contribution in [0.5, 0.6) is 0 Å². The Bertz CT molecular complexity index is 666. The van der Waals surface area contributed by atoms with Crippen LogP contribution in [0.25, 0.3) is 0 Å². The number of hydrogen-bond acceptors (Lipinski definition) is 8. The zero-order chi connectivity index (χ0) is 15.6. The molecule has 2 rings (SSSR count). The fourth-order valence-electron chi connectivity index (χ4n) is 1.81. The van der Waals surface area contributed by atoms with E-state index in [1.165, 1.54) is 4.68 Å². The van der Waals surface area contributed by atoms with Gasteiger partial charge in [-0.05, 0) is 6.42 Å². The number of aromatic carboxylic acids is 1. The van der Waals surface area contributed by atoms with Gasteiger partial charge in [-0.2, -0.15) is 15.0 Å². The van der Waals surface area contributed by atoms with Gasteiger partial charge in [0.15, 0.2) is 11.5 Å². The van der Waals surface area contributed by atoms with Crippen LogP contribution >= 0.6 is 0 Å². The van der Waals surface area contributed by atoms with Crippen molar-refractivity contribution in [2.45, 2.75) is 19.9 Å². The summed E-state index contributed by atoms with van der Waals surface area (Å²) >= 11 is 0. The SMILES string of the molecule is CCc1c(C(=O)O)nnn1Cc1nc(N)nc(N(C)C)n1. The van der Waals surface area contributed by atoms with E-state index in [-0.39, 0.29) is 18.2 Å². The largest absolute Gasteiger partial charge is 0.476 e. The van der Waals surface area contributed by atoms with Crippen molar-refractivity contribution in [3.05, 3.63) is 17.2 Å². The molecule has 0 aromatic carbocycles. The molecule has 0 saturated heterocycles. The van der Waals surface area contributed by atoms with Gasteiger partial charge in [-0.15, -0.1) is 5.10 Å². The molecule has 112 valence electrons. The highest BCUT2D eigenvalue weighted by Crippen LogP contribution is 2.10. The summed E-state index contributed by atoms with van der Waals surface area (Å²) < 4.78 is 1.46. The van der Waals surface area contributed by atoms with Crippen LogP contribution in [0, 0.1) is 0 Å². The molecule has 0 spiro atoms. The molecule has 0 aliphatic heterocycles. The van der Waals surface area contributed by atoms with Crippen LogP contribution in [-0.2, 0) is 13.0 Å². The minimum atomic E-state index is -1.11. The molecule has 3 N–H and O–H groups in total. The minimum absolute atomic E-state index is 0.0626. The van der Waals surface area contributed by atoms with E-state index in [0.29, 0.717) is 23.9 Å². The van der Waals surface area contributed by atoms with Crippen molar-refractivity contribution in [2.75, 3.05) is 24.7 Å². The van der Waals surface area contributed by atoms with E-state index in [9.17, 15) is 4.79 Å². The third kappa shape index (κ3) is 3.04. The third-order valence-electron chi connectivity index (χ3n) is 2.75. The lowest BCUT2D eigenvalue weighted by molar-refractivity contribution is 0.0689. The summed E-state index contributed by atoms with van der Waals surface area (Å²) in [4.78, 5) is 25.0. The van der Waals surface area contributed by atoms with E-state index in [2.05, 4.69) is 25.3 Å². The Hall–Kier alpha value is -2.78. The van der Waals surface area contributed by atoms with Gasteiger partial charge in [0.2, 0.25) is 11.9 Å². The van der Waals surface area contributed by atoms with Crippen LogP contribution in [-0.4, -0.2) is 55.1 Å². The predicted molar refractivity (Wildman–Crippen MR) is 74.0 cm³/mol. The number of anilines is 2. The summed E-state index contributed by atoms with van der Waals surface area (Å²) in [6.45, 7) is 2.01. The quantitative estimate of drug-likeness (QED) is 0.741. The molecule has 0 bridgehead atoms. The topological polar surface area (TPSA) is 136 Å². The van der Waals surface area contributed by atoms with E-state index in [1.54, 1.807) is 19.0 Å². The summed E-state index contributed by atoms with van der Waals surface area (Å²) in [5, 5.41) is 16.6. The average Bonchev–Trinajstić information content (AvgIpc) is 2.80. The molecule has 10 heteroatoms. The van der Waals surface area contributed by atoms with Crippen molar-refractivity contribution in [2.24, 2.45) is 0 Å². The van der Waals surface area contributed by atoms with Crippen LogP contribution in [0.3, 0.4) is 0 Å². The first-order valence-electron chi connectivity index (χ1n) is 6.25. The fourth-order valence-corrected chi connectivity index (χ4v) is 1.81. The Morgan fingerprint density at radius 3 is 2.62 bits per heavy atom. The summed E-state index contributed by atoms with van der Waals surface area (Å²) in [6.07, 6.45) is 0.482. The zero-order valence-electron chi connectivity index (χ0n) is 12.0. The number of nitrogen functional groups attached to an aromatic ring is 1. The fraction of sp³-hybridized carbons (Fsp3) is 0.455. The molecule has 0 radical (unpaired) electrons. The number of carbonyl (C=O) groups is 1. The van der Waals surface area contributed by atoms with Gasteiger partial charge in [0.05, 0.1) is 5.69 Å². The maximum Gasteiger partial charge on any atom is 0.358 e. The molecule has 0 atom stereocenters. The highest BCUT2D eigenvalue weighted by molar-refractivity contribution is 5.86. The molecule has 2 aromatic rings. The van der Waals surface area contributed by atoms with Gasteiger partial charge in [0.1, 0.15) is 6.54 Å². The van der Waals surface area contributed by atoms with Crippen molar-refractivity contribution in [3.8, 4) is 0 Å². The van der Waals surface area contributed by atoms with E-state index < -0.39 is 5.97 Å². The highest BCUT2D eigenvalue weighted by Gasteiger charge is 2.18. The van der Waals surface area contributed by atoms with Gasteiger partial charge in [-0.3, -0.25) is 0 Å². The summed E-state index contributed by atoms with van der Waals surface area (Å²) in [5.41, 5.74) is 6.09. The molecule has 0 amide bonds. The molecule has 0 saturated carbocycles. The number of hydrogen-bond donors (Lipinski definition) is 2. The van der Waals surface area contributed by atoms with Crippen molar-refractivity contribution in [3.63, 3.8) is 0 Å². The lowest BCUT2D eigenvalue weighted by Gasteiger charge is -2.11. The standard InChI is InChI=1S/C11H16N8O2/c1-4-6-8(9(20)21)16-17-19(6)5-7-13-10(12)15-11(14-7)18(2)3/h4-5H2,1-3H3,(H,20,21)(H2,12,13,14,15). The Kier molecular flexibility index (Phi) is 3.96. The van der Waals surface area contributed by atoms with Crippen LogP contribution in [0.1, 0.15) is 28.9 Å². The van der Waals surface area contributed by atoms with Crippen LogP contribution in [0.4, 0.5) is 11.9 Å². The lowest BCUT2D eigenvalue weighted by Crippen LogP contribution is -2.18. The maximum absolute atomic E-state index is 11.1. The van der Waals surface area contributed by atoms with Gasteiger partial charge in [-0.1, -0.05) is 12.1 Å². The van der Waals surface area contributed by atoms with Crippen molar-refractivity contribution in [1.29, 1.82) is 0 Å². The molecule has 0 fully saturated rings. The number of aromatic nitrogens is 6. The first-order chi connectivity index (χ1) is 9.92. The number of rotatable bonds is 5. The second-order valence-corrected chi connectivity index (χ2v) is 4.51. The van der Waals surface area contributed by atoms with Gasteiger partial charge in [0, 0.05) is 14.1 Å². The molecular formula is C11H16N8O2. The Labute approximate surface area is 120 Å². The first-order valence-corrected chi connectivity index (χ1v) is 6.25. The molecule has 21 heavy (non-hydrogen) atoms. The molecule has 0 aliphatic carbocycles. The summed E-state index contributed by atoms with van der Waals surface area (Å²) in [6, 6.07) is 0. The minimum Gasteiger partial charge on any atom is -0.476 e. The van der Waals surface area contributed by atoms with Gasteiger partial charge in [0.25, 0.3) is 0 Å². The Balaban J connectivity index is 2.36. The summed E-state index contributed by atoms with van der Waals surface area (Å²) in [7, 11) is 3.57. The molecule has 0 aliphatic rings. The maximum atomic E-state index is 11.1. The first kappa shape index (κ1) is 14.6. The van der Waals surface area contributed by atoms with E-state index >= 15 is 0 Å². The number of nitrogens with zero attached hydrogens (tertiary/aromatic N) is 7. The lowest BCUT2D eigenvalue weighted by atomic mass is 10.2. The predicted octanol–water partition coefficient (Wildman–Crippen LogP) is -0.580. The van der Waals surface area contributed by atoms with E-state index in [1.807, 2.05) is 6.92 Å². The number of carboxylic acids is 1. The third-order valence-corrected chi connectivity index (χ3v) is 2.75. The normalized spacial score (nSPS) is 10.6. The smallest absolute Gasteiger partial charge is 0.358 e. The van der Waals surface area contributed by atoms with E-state index in [4.69, 9.17) is 10.8 Å². The number of carboxylic acid groups (broad SMARTS) is 1. The van der Waals surface area contributed by atoms with Crippen LogP contribution in [0.15, 0.2) is 0 Å². The van der Waals surface area contributed by atoms with Crippen molar-refractivity contribution >= 4 is 17.9 Å². The van der Waals surface area contributed by atoms with Crippen molar-refractivity contribution < 1.29 is 9.90 Å². The number of nitrogens with two attached hydrogens (primary N) is 1. The van der Waals surface area contributed by atoms with Gasteiger partial charge < -0.3 is 15.7 Å². The molecule has 2 heterocycles. The van der Waals surface area contributed by atoms with Crippen LogP contribution < -0.4 is 10.6 Å². The second-order valence-electron chi connectivity index (χ2n) is 4.51. The van der Waals surface area contributed by atoms with Crippen molar-refractivity contribution in [1.82, 2.24) is 29.9 Å². The zero-order valence-corrected chi connectivity index (χ0v) is 12.0. The Morgan fingerprint density at radius 2 is 2.05 bits per heavy atom. The monoisotopic (exact) mass is 292 g/mol. The van der Waals surface area contributed by atoms with Crippen LogP contribution in [0.2, 0.25) is 0 Å². The molecule has 0 unspecified atom stereocenters. The van der Waals surface area contributed by atoms with E-state index in [0.717, 1.165) is 0 Å². The molecule has 10 nitrogen and oxygen atoms in total. The van der Waals surface area contributed by atoms with Gasteiger partial charge >= 0.3 is 5.97 Å². The second kappa shape index (κ2) is 5.69. The Morgan fingerprint density at radius 1 is 1.33 bits per heavy atom. The summed E-state index contributed by atoms with van der Waals surface area (Å²) in [5.74, 6) is -0.195. The average molecular weight is 292 g/mol. The molecule has 2 aromatic heterocycles.